The molecule has 0 aliphatic carbocycles. The summed E-state index contributed by atoms with van der Waals surface area (Å²) in [6.07, 6.45) is 1.61. The number of pyridine rings is 1. The number of fused-ring (bicyclic) bond motifs is 1. The molecule has 0 fully saturated rings. The topological polar surface area (TPSA) is 63.8 Å². The average Bonchev–Trinajstić information content (AvgIpc) is 2.78. The van der Waals surface area contributed by atoms with Crippen LogP contribution in [0.5, 0.6) is 11.6 Å². The molecule has 0 saturated carbocycles. The monoisotopic (exact) mass is 398 g/mol. The Bertz CT molecular complexity index is 1270. The van der Waals surface area contributed by atoms with E-state index in [-0.39, 0.29) is 18.0 Å². The third-order valence-electron chi connectivity index (χ3n) is 5.05. The number of hydrogen-bond donors (Lipinski definition) is 1. The maximum atomic E-state index is 13.2. The van der Waals surface area contributed by atoms with Gasteiger partial charge in [-0.25, -0.2) is 0 Å². The Morgan fingerprint density at radius 3 is 2.43 bits per heavy atom. The van der Waals surface area contributed by atoms with Gasteiger partial charge in [-0.1, -0.05) is 48.0 Å². The normalized spacial score (nSPS) is 11.3. The minimum atomic E-state index is -0.280. The molecule has 1 heterocycles. The number of rotatable bonds is 5. The molecular formula is C25H22N2O3. The predicted molar refractivity (Wildman–Crippen MR) is 120 cm³/mol. The van der Waals surface area contributed by atoms with Crippen LogP contribution in [-0.2, 0) is 6.54 Å². The molecule has 150 valence electrons. The van der Waals surface area contributed by atoms with Gasteiger partial charge in [-0.05, 0) is 42.8 Å². The van der Waals surface area contributed by atoms with Gasteiger partial charge in [0.25, 0.3) is 5.56 Å². The first kappa shape index (κ1) is 19.5. The maximum Gasteiger partial charge on any atom is 0.261 e. The van der Waals surface area contributed by atoms with E-state index in [0.29, 0.717) is 22.1 Å². The first-order valence-corrected chi connectivity index (χ1v) is 9.65. The van der Waals surface area contributed by atoms with Crippen molar-refractivity contribution in [3.63, 3.8) is 0 Å². The van der Waals surface area contributed by atoms with Crippen LogP contribution in [0.3, 0.4) is 0 Å². The average molecular weight is 398 g/mol. The standard InChI is InChI=1S/C25H22N2O3/c1-17-8-10-19(11-9-17)26-15-23-21-13-12-20(30-2)14-22(21)24(28)27(25(23)29)16-18-6-4-3-5-7-18/h3-15,29H,16H2,1-2H3. The van der Waals surface area contributed by atoms with Crippen molar-refractivity contribution in [1.82, 2.24) is 4.57 Å². The Morgan fingerprint density at radius 1 is 1.00 bits per heavy atom. The molecule has 0 spiro atoms. The number of hydrogen-bond acceptors (Lipinski definition) is 4. The molecule has 0 unspecified atom stereocenters. The van der Waals surface area contributed by atoms with E-state index in [4.69, 9.17) is 4.74 Å². The van der Waals surface area contributed by atoms with Crippen LogP contribution in [0.15, 0.2) is 82.6 Å². The number of aromatic hydroxyl groups is 1. The van der Waals surface area contributed by atoms with E-state index in [0.717, 1.165) is 16.8 Å². The Hall–Kier alpha value is -3.86. The van der Waals surface area contributed by atoms with Gasteiger partial charge in [0, 0.05) is 11.6 Å². The zero-order valence-corrected chi connectivity index (χ0v) is 16.9. The highest BCUT2D eigenvalue weighted by atomic mass is 16.5. The van der Waals surface area contributed by atoms with Crippen LogP contribution < -0.4 is 10.3 Å². The molecule has 0 amide bonds. The minimum Gasteiger partial charge on any atom is -0.497 e. The fourth-order valence-corrected chi connectivity index (χ4v) is 3.38. The van der Waals surface area contributed by atoms with Crippen LogP contribution in [0.4, 0.5) is 5.69 Å². The second-order valence-electron chi connectivity index (χ2n) is 7.12. The fraction of sp³-hybridized carbons (Fsp3) is 0.120. The van der Waals surface area contributed by atoms with Gasteiger partial charge in [0.1, 0.15) is 5.75 Å². The van der Waals surface area contributed by atoms with Gasteiger partial charge >= 0.3 is 0 Å². The number of methoxy groups -OCH3 is 1. The minimum absolute atomic E-state index is 0.114. The van der Waals surface area contributed by atoms with Crippen molar-refractivity contribution in [2.24, 2.45) is 4.99 Å². The van der Waals surface area contributed by atoms with E-state index >= 15 is 0 Å². The SMILES string of the molecule is COc1ccc2c(C=Nc3ccc(C)cc3)c(O)n(Cc3ccccc3)c(=O)c2c1. The third kappa shape index (κ3) is 3.82. The van der Waals surface area contributed by atoms with Crippen LogP contribution >= 0.6 is 0 Å². The van der Waals surface area contributed by atoms with Crippen LogP contribution in [0.1, 0.15) is 16.7 Å². The molecule has 0 atom stereocenters. The molecule has 0 bridgehead atoms. The largest absolute Gasteiger partial charge is 0.497 e. The van der Waals surface area contributed by atoms with Crippen LogP contribution in [0.2, 0.25) is 0 Å². The second kappa shape index (κ2) is 8.25. The van der Waals surface area contributed by atoms with Crippen molar-refractivity contribution in [1.29, 1.82) is 0 Å². The lowest BCUT2D eigenvalue weighted by atomic mass is 10.1. The van der Waals surface area contributed by atoms with Crippen molar-refractivity contribution in [2.45, 2.75) is 13.5 Å². The fourth-order valence-electron chi connectivity index (χ4n) is 3.38. The van der Waals surface area contributed by atoms with Gasteiger partial charge in [0.2, 0.25) is 5.88 Å². The Morgan fingerprint density at radius 2 is 1.73 bits per heavy atom. The molecule has 4 aromatic rings. The number of nitrogens with zero attached hydrogens (tertiary/aromatic N) is 2. The molecular weight excluding hydrogens is 376 g/mol. The third-order valence-corrected chi connectivity index (χ3v) is 5.05. The highest BCUT2D eigenvalue weighted by Gasteiger charge is 2.16. The lowest BCUT2D eigenvalue weighted by molar-refractivity contribution is 0.413. The van der Waals surface area contributed by atoms with Gasteiger partial charge < -0.3 is 9.84 Å². The summed E-state index contributed by atoms with van der Waals surface area (Å²) in [5.74, 6) is 0.468. The first-order valence-electron chi connectivity index (χ1n) is 9.65. The number of aromatic nitrogens is 1. The summed E-state index contributed by atoms with van der Waals surface area (Å²) in [6, 6.07) is 22.6. The lowest BCUT2D eigenvalue weighted by Crippen LogP contribution is -2.22. The summed E-state index contributed by atoms with van der Waals surface area (Å²) in [6.45, 7) is 2.27. The van der Waals surface area contributed by atoms with Crippen LogP contribution in [0, 0.1) is 6.92 Å². The Balaban J connectivity index is 1.90. The molecule has 3 aromatic carbocycles. The zero-order valence-electron chi connectivity index (χ0n) is 16.9. The molecule has 0 saturated heterocycles. The molecule has 5 heteroatoms. The summed E-state index contributed by atoms with van der Waals surface area (Å²) in [7, 11) is 1.56. The number of benzene rings is 3. The predicted octanol–water partition coefficient (Wildman–Crippen LogP) is 4.82. The molecule has 0 radical (unpaired) electrons. The second-order valence-corrected chi connectivity index (χ2v) is 7.12. The van der Waals surface area contributed by atoms with E-state index in [9.17, 15) is 9.90 Å². The van der Waals surface area contributed by atoms with Gasteiger partial charge in [-0.15, -0.1) is 0 Å². The number of ether oxygens (including phenoxy) is 1. The summed E-state index contributed by atoms with van der Waals surface area (Å²) in [4.78, 5) is 17.7. The Kier molecular flexibility index (Phi) is 5.35. The highest BCUT2D eigenvalue weighted by molar-refractivity contribution is 6.02. The lowest BCUT2D eigenvalue weighted by Gasteiger charge is -2.14. The highest BCUT2D eigenvalue weighted by Crippen LogP contribution is 2.27. The summed E-state index contributed by atoms with van der Waals surface area (Å²) in [5.41, 5.74) is 3.04. The van der Waals surface area contributed by atoms with Crippen LogP contribution in [0.25, 0.3) is 10.8 Å². The molecule has 4 rings (SSSR count). The summed E-state index contributed by atoms with van der Waals surface area (Å²) < 4.78 is 6.67. The summed E-state index contributed by atoms with van der Waals surface area (Å²) >= 11 is 0. The molecule has 30 heavy (non-hydrogen) atoms. The zero-order chi connectivity index (χ0) is 21.1. The molecule has 0 aliphatic rings. The first-order chi connectivity index (χ1) is 14.6. The van der Waals surface area contributed by atoms with Crippen molar-refractivity contribution in [3.8, 4) is 11.6 Å². The number of aryl methyl sites for hydroxylation is 1. The van der Waals surface area contributed by atoms with E-state index in [1.54, 1.807) is 31.5 Å². The van der Waals surface area contributed by atoms with E-state index in [2.05, 4.69) is 4.99 Å². The van der Waals surface area contributed by atoms with E-state index < -0.39 is 0 Å². The van der Waals surface area contributed by atoms with Crippen molar-refractivity contribution < 1.29 is 9.84 Å². The van der Waals surface area contributed by atoms with Gasteiger partial charge in [-0.3, -0.25) is 14.4 Å². The molecule has 0 aliphatic heterocycles. The van der Waals surface area contributed by atoms with E-state index in [1.807, 2.05) is 61.5 Å². The molecule has 5 nitrogen and oxygen atoms in total. The Labute approximate surface area is 174 Å². The van der Waals surface area contributed by atoms with Gasteiger partial charge in [0.15, 0.2) is 0 Å². The molecule has 1 N–H and O–H groups in total. The molecule has 1 aromatic heterocycles. The van der Waals surface area contributed by atoms with Crippen LogP contribution in [-0.4, -0.2) is 23.0 Å². The van der Waals surface area contributed by atoms with Crippen molar-refractivity contribution >= 4 is 22.7 Å². The van der Waals surface area contributed by atoms with Crippen molar-refractivity contribution in [3.05, 3.63) is 99.8 Å². The van der Waals surface area contributed by atoms with E-state index in [1.165, 1.54) is 4.57 Å². The van der Waals surface area contributed by atoms with Gasteiger partial charge in [0.05, 0.1) is 30.3 Å². The number of aliphatic imine (C=N–C) groups is 1. The van der Waals surface area contributed by atoms with Crippen molar-refractivity contribution in [2.75, 3.05) is 7.11 Å². The summed E-state index contributed by atoms with van der Waals surface area (Å²) in [5, 5.41) is 12.1. The maximum absolute atomic E-state index is 13.2. The smallest absolute Gasteiger partial charge is 0.261 e. The quantitative estimate of drug-likeness (QED) is 0.490. The van der Waals surface area contributed by atoms with Gasteiger partial charge in [-0.2, -0.15) is 0 Å².